The molecule has 3 fully saturated rings. The maximum absolute atomic E-state index is 13.9. The van der Waals surface area contributed by atoms with Gasteiger partial charge < -0.3 is 43.6 Å². The molecule has 0 saturated heterocycles. The molecule has 3 aliphatic rings. The van der Waals surface area contributed by atoms with E-state index < -0.39 is 47.9 Å². The van der Waals surface area contributed by atoms with Gasteiger partial charge in [-0.3, -0.25) is 24.2 Å². The number of carbonyl (C=O) groups is 5. The molecule has 14 heteroatoms. The highest BCUT2D eigenvalue weighted by Crippen LogP contribution is 2.67. The van der Waals surface area contributed by atoms with E-state index in [0.717, 1.165) is 30.4 Å². The van der Waals surface area contributed by atoms with Crippen molar-refractivity contribution in [3.8, 4) is 0 Å². The molecule has 52 heavy (non-hydrogen) atoms. The third-order valence-electron chi connectivity index (χ3n) is 10.0. The molecule has 0 spiro atoms. The van der Waals surface area contributed by atoms with Crippen molar-refractivity contribution in [2.75, 3.05) is 13.1 Å². The van der Waals surface area contributed by atoms with Gasteiger partial charge in [0.05, 0.1) is 12.1 Å². The number of alkyl carbamates (subject to hydrolysis) is 1. The summed E-state index contributed by atoms with van der Waals surface area (Å²) in [5.41, 5.74) is 24.6. The second kappa shape index (κ2) is 19.6. The summed E-state index contributed by atoms with van der Waals surface area (Å²) in [5, 5.41) is 8.32. The number of aliphatic imine (C=N–C) groups is 1. The molecule has 0 radical (unpaired) electrons. The van der Waals surface area contributed by atoms with Crippen LogP contribution in [0.2, 0.25) is 0 Å². The Morgan fingerprint density at radius 2 is 1.42 bits per heavy atom. The van der Waals surface area contributed by atoms with E-state index in [-0.39, 0.29) is 49.6 Å². The minimum absolute atomic E-state index is 0.0140. The lowest BCUT2D eigenvalue weighted by Crippen LogP contribution is -2.55. The molecular weight excluding hydrogens is 664 g/mol. The number of guanidine groups is 1. The number of hydrogen-bond donors (Lipinski definition) is 7. The van der Waals surface area contributed by atoms with Gasteiger partial charge in [-0.15, -0.1) is 0 Å². The SMILES string of the molecule is NC(=O)[C@H](CCCCNC(=O)OCc1ccccc1)NC(=O)[C@@H](CC(=O)[C@@H](CCCN=C(N)N)NC(=O)[C@@H](N)Cc1ccccc1)CC12CC(C1)C2. The first-order valence-electron chi connectivity index (χ1n) is 18.2. The minimum atomic E-state index is -0.950. The van der Waals surface area contributed by atoms with Crippen LogP contribution in [0.3, 0.4) is 0 Å². The van der Waals surface area contributed by atoms with E-state index in [9.17, 15) is 24.0 Å². The Hall–Kier alpha value is -4.98. The van der Waals surface area contributed by atoms with E-state index in [1.54, 1.807) is 0 Å². The topological polar surface area (TPSA) is 247 Å². The largest absolute Gasteiger partial charge is 0.445 e. The number of ether oxygens (including phenoxy) is 1. The maximum Gasteiger partial charge on any atom is 0.407 e. The van der Waals surface area contributed by atoms with Gasteiger partial charge >= 0.3 is 6.09 Å². The molecule has 0 unspecified atom stereocenters. The van der Waals surface area contributed by atoms with E-state index in [2.05, 4.69) is 20.9 Å². The first-order chi connectivity index (χ1) is 24.9. The first kappa shape index (κ1) is 39.8. The fraction of sp³-hybridized carbons (Fsp3) is 0.526. The number of carbonyl (C=O) groups excluding carboxylic acids is 5. The van der Waals surface area contributed by atoms with Crippen molar-refractivity contribution in [2.45, 2.75) is 95.4 Å². The van der Waals surface area contributed by atoms with Crippen LogP contribution in [0, 0.1) is 17.3 Å². The second-order valence-corrected chi connectivity index (χ2v) is 14.3. The average molecular weight is 719 g/mol. The average Bonchev–Trinajstić information content (AvgIpc) is 3.08. The third kappa shape index (κ3) is 12.7. The molecule has 11 N–H and O–H groups in total. The Kier molecular flexibility index (Phi) is 15.0. The van der Waals surface area contributed by atoms with Gasteiger partial charge in [-0.25, -0.2) is 4.79 Å². The molecule has 4 amide bonds. The predicted octanol–water partition coefficient (Wildman–Crippen LogP) is 1.93. The fourth-order valence-electron chi connectivity index (χ4n) is 7.14. The Bertz CT molecular complexity index is 1520. The van der Waals surface area contributed by atoms with Crippen LogP contribution in [-0.4, -0.2) is 66.8 Å². The van der Waals surface area contributed by atoms with Crippen molar-refractivity contribution in [3.63, 3.8) is 0 Å². The van der Waals surface area contributed by atoms with Crippen LogP contribution in [0.1, 0.15) is 75.3 Å². The highest BCUT2D eigenvalue weighted by molar-refractivity contribution is 5.94. The summed E-state index contributed by atoms with van der Waals surface area (Å²) in [7, 11) is 0. The van der Waals surface area contributed by atoms with Crippen molar-refractivity contribution < 1.29 is 28.7 Å². The normalized spacial score (nSPS) is 19.3. The lowest BCUT2D eigenvalue weighted by Gasteiger charge is -2.63. The van der Waals surface area contributed by atoms with Gasteiger partial charge in [0.25, 0.3) is 0 Å². The monoisotopic (exact) mass is 718 g/mol. The lowest BCUT2D eigenvalue weighted by atomic mass is 9.42. The minimum Gasteiger partial charge on any atom is -0.445 e. The van der Waals surface area contributed by atoms with E-state index in [4.69, 9.17) is 27.7 Å². The molecule has 5 rings (SSSR count). The van der Waals surface area contributed by atoms with Crippen LogP contribution in [0.5, 0.6) is 0 Å². The Morgan fingerprint density at radius 1 is 0.808 bits per heavy atom. The molecule has 282 valence electrons. The molecular formula is C38H54N8O6. The molecule has 3 saturated carbocycles. The summed E-state index contributed by atoms with van der Waals surface area (Å²) in [6.07, 6.45) is 5.10. The molecule has 0 aliphatic heterocycles. The van der Waals surface area contributed by atoms with E-state index in [1.807, 2.05) is 60.7 Å². The number of Topliss-reactive ketones (excluding diaryl/α,β-unsaturated/α-hetero) is 1. The number of unbranched alkanes of at least 4 members (excludes halogenated alkanes) is 1. The predicted molar refractivity (Wildman–Crippen MR) is 197 cm³/mol. The summed E-state index contributed by atoms with van der Waals surface area (Å²) in [5.74, 6) is -2.02. The van der Waals surface area contributed by atoms with Gasteiger partial charge in [0.1, 0.15) is 12.6 Å². The molecule has 3 aliphatic carbocycles. The number of nitrogens with zero attached hydrogens (tertiary/aromatic N) is 1. The lowest BCUT2D eigenvalue weighted by molar-refractivity contribution is -0.146. The maximum atomic E-state index is 13.9. The summed E-state index contributed by atoms with van der Waals surface area (Å²) in [6, 6.07) is 15.9. The van der Waals surface area contributed by atoms with Crippen molar-refractivity contribution in [1.82, 2.24) is 16.0 Å². The van der Waals surface area contributed by atoms with Crippen LogP contribution >= 0.6 is 0 Å². The smallest absolute Gasteiger partial charge is 0.407 e. The zero-order valence-electron chi connectivity index (χ0n) is 29.8. The van der Waals surface area contributed by atoms with Crippen LogP contribution in [0.4, 0.5) is 4.79 Å². The summed E-state index contributed by atoms with van der Waals surface area (Å²) < 4.78 is 5.22. The molecule has 4 atom stereocenters. The van der Waals surface area contributed by atoms with Gasteiger partial charge in [-0.1, -0.05) is 60.7 Å². The molecule has 2 aromatic carbocycles. The Morgan fingerprint density at radius 3 is 2.02 bits per heavy atom. The van der Waals surface area contributed by atoms with Gasteiger partial charge in [0.2, 0.25) is 17.7 Å². The molecule has 0 aromatic heterocycles. The molecule has 2 bridgehead atoms. The Balaban J connectivity index is 1.33. The van der Waals surface area contributed by atoms with Crippen molar-refractivity contribution in [3.05, 3.63) is 71.8 Å². The van der Waals surface area contributed by atoms with Crippen LogP contribution in [-0.2, 0) is 36.9 Å². The van der Waals surface area contributed by atoms with Crippen LogP contribution in [0.25, 0.3) is 0 Å². The van der Waals surface area contributed by atoms with Gasteiger partial charge in [0.15, 0.2) is 11.7 Å². The fourth-order valence-corrected chi connectivity index (χ4v) is 7.14. The number of nitrogens with one attached hydrogen (secondary N) is 3. The highest BCUT2D eigenvalue weighted by Gasteiger charge is 2.57. The number of ketones is 1. The summed E-state index contributed by atoms with van der Waals surface area (Å²) in [6.45, 7) is 0.733. The number of primary amides is 1. The summed E-state index contributed by atoms with van der Waals surface area (Å²) in [4.78, 5) is 69.3. The third-order valence-corrected chi connectivity index (χ3v) is 10.0. The van der Waals surface area contributed by atoms with Gasteiger partial charge in [0, 0.05) is 25.4 Å². The summed E-state index contributed by atoms with van der Waals surface area (Å²) >= 11 is 0. The van der Waals surface area contributed by atoms with Crippen LogP contribution < -0.4 is 38.9 Å². The number of hydrogen-bond acceptors (Lipinski definition) is 8. The first-order valence-corrected chi connectivity index (χ1v) is 18.2. The van der Waals surface area contributed by atoms with E-state index >= 15 is 0 Å². The number of rotatable bonds is 23. The molecule has 0 heterocycles. The van der Waals surface area contributed by atoms with Gasteiger partial charge in [-0.2, -0.15) is 0 Å². The molecule has 14 nitrogen and oxygen atoms in total. The van der Waals surface area contributed by atoms with Crippen molar-refractivity contribution in [1.29, 1.82) is 0 Å². The molecule has 2 aromatic rings. The zero-order valence-corrected chi connectivity index (χ0v) is 29.8. The second-order valence-electron chi connectivity index (χ2n) is 14.3. The van der Waals surface area contributed by atoms with Crippen molar-refractivity contribution >= 4 is 35.6 Å². The number of benzene rings is 2. The zero-order chi connectivity index (χ0) is 37.5. The number of nitrogens with two attached hydrogens (primary N) is 4. The number of amides is 4. The van der Waals surface area contributed by atoms with E-state index in [1.165, 1.54) is 0 Å². The van der Waals surface area contributed by atoms with E-state index in [0.29, 0.717) is 44.6 Å². The highest BCUT2D eigenvalue weighted by atomic mass is 16.5. The van der Waals surface area contributed by atoms with Crippen LogP contribution in [0.15, 0.2) is 65.7 Å². The standard InChI is InChI=1S/C38H54N8O6/c39-29(18-25-10-3-1-4-11-25)35(50)45-30(15-9-17-43-36(41)42)32(47)19-28(23-38-20-27(21-38)22-38)34(49)46-31(33(40)48)14-7-8-16-44-37(51)52-24-26-12-5-2-6-13-26/h1-6,10-13,27-31H,7-9,14-24,39H2,(H2,40,48)(H,44,51)(H,45,50)(H,46,49)(H4,41,42,43)/t27?,28-,29-,30+,31-,38?/m0/s1. The Labute approximate surface area is 305 Å². The van der Waals surface area contributed by atoms with Gasteiger partial charge in [-0.05, 0) is 86.7 Å². The quantitative estimate of drug-likeness (QED) is 0.0503. The van der Waals surface area contributed by atoms with Crippen molar-refractivity contribution in [2.24, 2.45) is 45.2 Å².